The third-order valence-electron chi connectivity index (χ3n) is 2.27. The number of hydrogen-bond acceptors (Lipinski definition) is 5. The highest BCUT2D eigenvalue weighted by molar-refractivity contribution is 9.10. The predicted molar refractivity (Wildman–Crippen MR) is 64.9 cm³/mol. The average molecular weight is 323 g/mol. The van der Waals surface area contributed by atoms with Gasteiger partial charge in [-0.25, -0.2) is 13.2 Å². The van der Waals surface area contributed by atoms with Crippen molar-refractivity contribution in [2.45, 2.75) is 9.77 Å². The van der Waals surface area contributed by atoms with Crippen LogP contribution >= 0.6 is 15.9 Å². The Morgan fingerprint density at radius 1 is 1.41 bits per heavy atom. The van der Waals surface area contributed by atoms with Gasteiger partial charge in [0.2, 0.25) is 14.7 Å². The zero-order valence-corrected chi connectivity index (χ0v) is 11.0. The Bertz CT molecular complexity index is 546. The summed E-state index contributed by atoms with van der Waals surface area (Å²) in [5.41, 5.74) is 10.6. The fraction of sp³-hybridized carbons (Fsp3) is 0.222. The van der Waals surface area contributed by atoms with Crippen LogP contribution in [0.2, 0.25) is 0 Å². The van der Waals surface area contributed by atoms with Crippen LogP contribution in [0.4, 0.5) is 0 Å². The molecule has 0 bridgehead atoms. The van der Waals surface area contributed by atoms with Gasteiger partial charge in [-0.15, -0.1) is 0 Å². The summed E-state index contributed by atoms with van der Waals surface area (Å²) in [7, 11) is -4.27. The molecule has 0 saturated carbocycles. The van der Waals surface area contributed by atoms with Gasteiger partial charge in [-0.3, -0.25) is 0 Å². The maximum Gasteiger partial charge on any atom is 0.341 e. The molecule has 0 amide bonds. The normalized spacial score (nSPS) is 15.2. The van der Waals surface area contributed by atoms with E-state index >= 15 is 0 Å². The van der Waals surface area contributed by atoms with E-state index < -0.39 is 27.2 Å². The Kier molecular flexibility index (Phi) is 3.92. The SMILES string of the molecule is NCC(N)(C(=O)O)S(=O)(=O)c1ccccc1Br. The first-order chi connectivity index (χ1) is 7.77. The van der Waals surface area contributed by atoms with E-state index in [1.54, 1.807) is 6.07 Å². The summed E-state index contributed by atoms with van der Waals surface area (Å²) in [5, 5.41) is 8.92. The monoisotopic (exact) mass is 322 g/mol. The number of sulfone groups is 1. The number of halogens is 1. The minimum absolute atomic E-state index is 0.199. The second-order valence-corrected chi connectivity index (χ2v) is 6.36. The lowest BCUT2D eigenvalue weighted by molar-refractivity contribution is -0.139. The van der Waals surface area contributed by atoms with Crippen molar-refractivity contribution in [3.63, 3.8) is 0 Å². The van der Waals surface area contributed by atoms with Crippen LogP contribution in [0, 0.1) is 0 Å². The van der Waals surface area contributed by atoms with Gasteiger partial charge in [0, 0.05) is 11.0 Å². The molecule has 0 fully saturated rings. The topological polar surface area (TPSA) is 123 Å². The molecule has 0 saturated heterocycles. The summed E-state index contributed by atoms with van der Waals surface area (Å²) in [6, 6.07) is 5.81. The van der Waals surface area contributed by atoms with Gasteiger partial charge in [0.05, 0.1) is 4.90 Å². The summed E-state index contributed by atoms with van der Waals surface area (Å²) < 4.78 is 24.5. The molecule has 0 heterocycles. The van der Waals surface area contributed by atoms with Crippen molar-refractivity contribution in [3.8, 4) is 0 Å². The van der Waals surface area contributed by atoms with Gasteiger partial charge in [-0.05, 0) is 28.1 Å². The molecular formula is C9H11BrN2O4S. The van der Waals surface area contributed by atoms with Gasteiger partial charge in [0.25, 0.3) is 0 Å². The molecule has 6 nitrogen and oxygen atoms in total. The fourth-order valence-electron chi connectivity index (χ4n) is 1.17. The molecule has 94 valence electrons. The smallest absolute Gasteiger partial charge is 0.341 e. The number of carbonyl (C=O) groups is 1. The second kappa shape index (κ2) is 4.73. The molecule has 0 spiro atoms. The van der Waals surface area contributed by atoms with E-state index in [1.165, 1.54) is 18.2 Å². The molecule has 1 atom stereocenters. The Morgan fingerprint density at radius 3 is 2.35 bits per heavy atom. The summed E-state index contributed by atoms with van der Waals surface area (Å²) in [4.78, 5) is 8.25. The number of aliphatic carboxylic acids is 1. The van der Waals surface area contributed by atoms with Crippen molar-refractivity contribution in [3.05, 3.63) is 28.7 Å². The van der Waals surface area contributed by atoms with Crippen LogP contribution < -0.4 is 11.5 Å². The average Bonchev–Trinajstić information content (AvgIpc) is 2.27. The predicted octanol–water partition coefficient (Wildman–Crippen LogP) is -0.0789. The molecule has 8 heteroatoms. The number of carboxylic acids is 1. The van der Waals surface area contributed by atoms with Crippen LogP contribution in [0.25, 0.3) is 0 Å². The Labute approximate surface area is 107 Å². The van der Waals surface area contributed by atoms with E-state index in [9.17, 15) is 13.2 Å². The number of carboxylic acid groups (broad SMARTS) is 1. The van der Waals surface area contributed by atoms with Gasteiger partial charge in [-0.1, -0.05) is 12.1 Å². The zero-order chi connectivity index (χ0) is 13.3. The van der Waals surface area contributed by atoms with Crippen molar-refractivity contribution in [2.75, 3.05) is 6.54 Å². The molecule has 1 unspecified atom stereocenters. The van der Waals surface area contributed by atoms with Crippen LogP contribution in [0.5, 0.6) is 0 Å². The lowest BCUT2D eigenvalue weighted by atomic mass is 10.3. The molecule has 1 rings (SSSR count). The minimum atomic E-state index is -4.27. The summed E-state index contributed by atoms with van der Waals surface area (Å²) in [6.45, 7) is -0.716. The maximum absolute atomic E-state index is 12.1. The van der Waals surface area contributed by atoms with Crippen molar-refractivity contribution in [1.29, 1.82) is 0 Å². The Morgan fingerprint density at radius 2 is 1.94 bits per heavy atom. The van der Waals surface area contributed by atoms with E-state index in [0.29, 0.717) is 0 Å². The van der Waals surface area contributed by atoms with Gasteiger partial charge in [0.1, 0.15) is 0 Å². The number of benzene rings is 1. The quantitative estimate of drug-likeness (QED) is 0.712. The van der Waals surface area contributed by atoms with Gasteiger partial charge < -0.3 is 16.6 Å². The zero-order valence-electron chi connectivity index (χ0n) is 8.63. The molecule has 0 aromatic heterocycles. The number of rotatable bonds is 4. The molecule has 1 aromatic carbocycles. The van der Waals surface area contributed by atoms with E-state index in [0.717, 1.165) is 0 Å². The number of nitrogens with two attached hydrogens (primary N) is 2. The second-order valence-electron chi connectivity index (χ2n) is 3.33. The first-order valence-electron chi connectivity index (χ1n) is 4.49. The van der Waals surface area contributed by atoms with Gasteiger partial charge in [0.15, 0.2) is 0 Å². The Balaban J connectivity index is 3.49. The molecule has 17 heavy (non-hydrogen) atoms. The lowest BCUT2D eigenvalue weighted by Gasteiger charge is -2.23. The van der Waals surface area contributed by atoms with Gasteiger partial charge >= 0.3 is 5.97 Å². The van der Waals surface area contributed by atoms with Crippen LogP contribution in [0.3, 0.4) is 0 Å². The summed E-state index contributed by atoms with van der Waals surface area (Å²) in [6.07, 6.45) is 0. The van der Waals surface area contributed by atoms with Crippen molar-refractivity contribution < 1.29 is 18.3 Å². The van der Waals surface area contributed by atoms with Crippen LogP contribution in [-0.2, 0) is 14.6 Å². The summed E-state index contributed by atoms with van der Waals surface area (Å²) >= 11 is 3.03. The molecule has 0 radical (unpaired) electrons. The molecule has 0 aliphatic heterocycles. The first-order valence-corrected chi connectivity index (χ1v) is 6.76. The third kappa shape index (κ3) is 2.21. The highest BCUT2D eigenvalue weighted by atomic mass is 79.9. The fourth-order valence-corrected chi connectivity index (χ4v) is 3.52. The molecule has 0 aliphatic carbocycles. The van der Waals surface area contributed by atoms with Crippen LogP contribution in [0.15, 0.2) is 33.6 Å². The van der Waals surface area contributed by atoms with E-state index in [1.807, 2.05) is 0 Å². The minimum Gasteiger partial charge on any atom is -0.479 e. The molecular weight excluding hydrogens is 312 g/mol. The lowest BCUT2D eigenvalue weighted by Crippen LogP contribution is -2.59. The standard InChI is InChI=1S/C9H11BrN2O4S/c10-6-3-1-2-4-7(6)17(15,16)9(12,5-11)8(13)14/h1-4H,5,11-12H2,(H,13,14). The largest absolute Gasteiger partial charge is 0.479 e. The molecule has 1 aromatic rings. The highest BCUT2D eigenvalue weighted by Gasteiger charge is 2.48. The van der Waals surface area contributed by atoms with E-state index in [4.69, 9.17) is 16.6 Å². The Hall–Kier alpha value is -0.960. The van der Waals surface area contributed by atoms with Crippen molar-refractivity contribution in [1.82, 2.24) is 0 Å². The maximum atomic E-state index is 12.1. The number of hydrogen-bond donors (Lipinski definition) is 3. The molecule has 0 aliphatic rings. The van der Waals surface area contributed by atoms with E-state index in [2.05, 4.69) is 15.9 Å². The highest BCUT2D eigenvalue weighted by Crippen LogP contribution is 2.28. The first kappa shape index (κ1) is 14.1. The van der Waals surface area contributed by atoms with Crippen molar-refractivity contribution in [2.24, 2.45) is 11.5 Å². The van der Waals surface area contributed by atoms with Crippen LogP contribution in [0.1, 0.15) is 0 Å². The third-order valence-corrected chi connectivity index (χ3v) is 5.46. The summed E-state index contributed by atoms with van der Waals surface area (Å²) in [5.74, 6) is -1.68. The van der Waals surface area contributed by atoms with Crippen LogP contribution in [-0.4, -0.2) is 30.9 Å². The van der Waals surface area contributed by atoms with E-state index in [-0.39, 0.29) is 9.37 Å². The van der Waals surface area contributed by atoms with Gasteiger partial charge in [-0.2, -0.15) is 0 Å². The molecule has 5 N–H and O–H groups in total. The van der Waals surface area contributed by atoms with Crippen molar-refractivity contribution >= 4 is 31.7 Å².